The molecule has 0 atom stereocenters. The first kappa shape index (κ1) is 12.0. The quantitative estimate of drug-likeness (QED) is 0.825. The Bertz CT molecular complexity index is 318. The Hall–Kier alpha value is -1.12. The van der Waals surface area contributed by atoms with Crippen LogP contribution in [0.25, 0.3) is 0 Å². The van der Waals surface area contributed by atoms with Gasteiger partial charge in [0.2, 0.25) is 5.95 Å². The predicted molar refractivity (Wildman–Crippen MR) is 63.9 cm³/mol. The molecule has 1 aromatic heterocycles. The molecule has 0 aromatic carbocycles. The molecule has 3 nitrogen and oxygen atoms in total. The third-order valence-corrected chi connectivity index (χ3v) is 3.06. The summed E-state index contributed by atoms with van der Waals surface area (Å²) in [5.74, 6) is 1.36. The highest BCUT2D eigenvalue weighted by Crippen LogP contribution is 2.25. The van der Waals surface area contributed by atoms with Crippen LogP contribution < -0.4 is 5.32 Å². The van der Waals surface area contributed by atoms with Gasteiger partial charge in [0.25, 0.3) is 0 Å². The number of hydrogen-bond donors (Lipinski definition) is 1. The summed E-state index contributed by atoms with van der Waals surface area (Å²) in [6.07, 6.45) is 1.78. The van der Waals surface area contributed by atoms with E-state index >= 15 is 0 Å². The molecule has 0 fully saturated rings. The molecule has 3 heteroatoms. The van der Waals surface area contributed by atoms with E-state index in [-0.39, 0.29) is 5.41 Å². The zero-order valence-corrected chi connectivity index (χ0v) is 10.3. The molecule has 0 radical (unpaired) electrons. The highest BCUT2D eigenvalue weighted by atomic mass is 15.1. The summed E-state index contributed by atoms with van der Waals surface area (Å²) in [5.41, 5.74) is 1.25. The van der Waals surface area contributed by atoms with Crippen LogP contribution in [0.15, 0.2) is 12.3 Å². The number of aromatic nitrogens is 2. The normalized spacial score (nSPS) is 11.9. The molecule has 0 aliphatic carbocycles. The molecule has 0 aliphatic heterocycles. The van der Waals surface area contributed by atoms with Crippen LogP contribution in [0.4, 0.5) is 5.95 Å². The van der Waals surface area contributed by atoms with Crippen molar-refractivity contribution in [2.75, 3.05) is 11.9 Å². The van der Waals surface area contributed by atoms with Crippen LogP contribution in [0.3, 0.4) is 0 Å². The van der Waals surface area contributed by atoms with Gasteiger partial charge in [-0.2, -0.15) is 0 Å². The Balaban J connectivity index is 2.57. The van der Waals surface area contributed by atoms with E-state index in [1.807, 2.05) is 13.0 Å². The topological polar surface area (TPSA) is 37.8 Å². The highest BCUT2D eigenvalue weighted by Gasteiger charge is 2.22. The lowest BCUT2D eigenvalue weighted by molar-refractivity contribution is 0.269. The zero-order chi connectivity index (χ0) is 11.5. The average molecular weight is 207 g/mol. The molecule has 0 spiro atoms. The van der Waals surface area contributed by atoms with Crippen LogP contribution >= 0.6 is 0 Å². The Morgan fingerprint density at radius 2 is 2.07 bits per heavy atom. The summed E-state index contributed by atoms with van der Waals surface area (Å²) in [4.78, 5) is 8.49. The van der Waals surface area contributed by atoms with Crippen molar-refractivity contribution in [3.8, 4) is 0 Å². The van der Waals surface area contributed by atoms with E-state index in [9.17, 15) is 0 Å². The molecule has 1 rings (SSSR count). The van der Waals surface area contributed by atoms with Gasteiger partial charge >= 0.3 is 0 Å². The molecular formula is C12H21N3. The van der Waals surface area contributed by atoms with Gasteiger partial charge in [-0.3, -0.25) is 0 Å². The average Bonchev–Trinajstić information content (AvgIpc) is 2.15. The molecule has 1 aromatic rings. The smallest absolute Gasteiger partial charge is 0.222 e. The molecule has 0 aliphatic rings. The third-order valence-electron chi connectivity index (χ3n) is 3.06. The van der Waals surface area contributed by atoms with Crippen LogP contribution in [0.2, 0.25) is 0 Å². The fourth-order valence-corrected chi connectivity index (χ4v) is 1.05. The van der Waals surface area contributed by atoms with Gasteiger partial charge < -0.3 is 5.32 Å². The maximum atomic E-state index is 4.31. The molecule has 1 heterocycles. The second-order valence-corrected chi connectivity index (χ2v) is 5.02. The van der Waals surface area contributed by atoms with E-state index in [0.717, 1.165) is 18.2 Å². The Morgan fingerprint density at radius 1 is 1.40 bits per heavy atom. The number of anilines is 1. The van der Waals surface area contributed by atoms with E-state index < -0.39 is 0 Å². The van der Waals surface area contributed by atoms with Crippen molar-refractivity contribution < 1.29 is 0 Å². The summed E-state index contributed by atoms with van der Waals surface area (Å²) < 4.78 is 0. The van der Waals surface area contributed by atoms with Gasteiger partial charge in [-0.15, -0.1) is 0 Å². The lowest BCUT2D eigenvalue weighted by Gasteiger charge is -2.29. The number of hydrogen-bond acceptors (Lipinski definition) is 3. The van der Waals surface area contributed by atoms with Crippen molar-refractivity contribution in [1.29, 1.82) is 0 Å². The number of aryl methyl sites for hydroxylation is 1. The van der Waals surface area contributed by atoms with Gasteiger partial charge in [-0.1, -0.05) is 27.7 Å². The number of nitrogens with one attached hydrogen (secondary N) is 1. The Morgan fingerprint density at radius 3 is 2.60 bits per heavy atom. The second-order valence-electron chi connectivity index (χ2n) is 5.02. The first-order valence-electron chi connectivity index (χ1n) is 5.45. The van der Waals surface area contributed by atoms with Crippen molar-refractivity contribution in [2.24, 2.45) is 11.3 Å². The third kappa shape index (κ3) is 3.50. The lowest BCUT2D eigenvalue weighted by atomic mass is 9.81. The first-order chi connectivity index (χ1) is 6.92. The summed E-state index contributed by atoms with van der Waals surface area (Å²) in [6.45, 7) is 11.8. The molecule has 0 saturated carbocycles. The Kier molecular flexibility index (Phi) is 3.66. The van der Waals surface area contributed by atoms with Crippen molar-refractivity contribution in [2.45, 2.75) is 34.6 Å². The first-order valence-corrected chi connectivity index (χ1v) is 5.45. The molecule has 84 valence electrons. The van der Waals surface area contributed by atoms with Gasteiger partial charge in [0, 0.05) is 18.4 Å². The molecule has 1 N–H and O–H groups in total. The molecule has 0 saturated heterocycles. The van der Waals surface area contributed by atoms with Gasteiger partial charge in [0.1, 0.15) is 0 Å². The standard InChI is InChI=1S/C12H21N3/c1-9(2)12(4,5)8-14-11-13-7-6-10(3)15-11/h6-7,9H,8H2,1-5H3,(H,13,14,15). The van der Waals surface area contributed by atoms with E-state index in [1.54, 1.807) is 6.20 Å². The predicted octanol–water partition coefficient (Wildman–Crippen LogP) is 2.88. The van der Waals surface area contributed by atoms with Crippen LogP contribution in [-0.4, -0.2) is 16.5 Å². The van der Waals surface area contributed by atoms with Crippen LogP contribution in [0.5, 0.6) is 0 Å². The lowest BCUT2D eigenvalue weighted by Crippen LogP contribution is -2.29. The zero-order valence-electron chi connectivity index (χ0n) is 10.3. The van der Waals surface area contributed by atoms with Gasteiger partial charge in [0.15, 0.2) is 0 Å². The maximum Gasteiger partial charge on any atom is 0.222 e. The van der Waals surface area contributed by atoms with Gasteiger partial charge in [0.05, 0.1) is 0 Å². The number of rotatable bonds is 4. The summed E-state index contributed by atoms with van der Waals surface area (Å²) >= 11 is 0. The van der Waals surface area contributed by atoms with E-state index in [1.165, 1.54) is 0 Å². The minimum Gasteiger partial charge on any atom is -0.354 e. The SMILES string of the molecule is Cc1ccnc(NCC(C)(C)C(C)C)n1. The van der Waals surface area contributed by atoms with Crippen LogP contribution in [0, 0.1) is 18.3 Å². The Labute approximate surface area is 92.3 Å². The summed E-state index contributed by atoms with van der Waals surface area (Å²) in [7, 11) is 0. The monoisotopic (exact) mass is 207 g/mol. The van der Waals surface area contributed by atoms with Crippen molar-refractivity contribution >= 4 is 5.95 Å². The van der Waals surface area contributed by atoms with Crippen LogP contribution in [-0.2, 0) is 0 Å². The molecule has 15 heavy (non-hydrogen) atoms. The minimum absolute atomic E-state index is 0.257. The summed E-state index contributed by atoms with van der Waals surface area (Å²) in [6, 6.07) is 1.90. The van der Waals surface area contributed by atoms with E-state index in [4.69, 9.17) is 0 Å². The second kappa shape index (κ2) is 4.60. The van der Waals surface area contributed by atoms with E-state index in [0.29, 0.717) is 5.92 Å². The van der Waals surface area contributed by atoms with Crippen LogP contribution in [0.1, 0.15) is 33.4 Å². The van der Waals surface area contributed by atoms with E-state index in [2.05, 4.69) is 43.0 Å². The maximum absolute atomic E-state index is 4.31. The van der Waals surface area contributed by atoms with Gasteiger partial charge in [-0.25, -0.2) is 9.97 Å². The van der Waals surface area contributed by atoms with Crippen molar-refractivity contribution in [3.05, 3.63) is 18.0 Å². The fraction of sp³-hybridized carbons (Fsp3) is 0.667. The summed E-state index contributed by atoms with van der Waals surface area (Å²) in [5, 5.41) is 3.28. The molecule has 0 unspecified atom stereocenters. The molecule has 0 bridgehead atoms. The number of nitrogens with zero attached hydrogens (tertiary/aromatic N) is 2. The fourth-order valence-electron chi connectivity index (χ4n) is 1.05. The highest BCUT2D eigenvalue weighted by molar-refractivity contribution is 5.25. The van der Waals surface area contributed by atoms with Crippen molar-refractivity contribution in [1.82, 2.24) is 9.97 Å². The minimum atomic E-state index is 0.257. The molecular weight excluding hydrogens is 186 g/mol. The van der Waals surface area contributed by atoms with Crippen molar-refractivity contribution in [3.63, 3.8) is 0 Å². The molecule has 0 amide bonds. The van der Waals surface area contributed by atoms with Gasteiger partial charge in [-0.05, 0) is 24.3 Å². The largest absolute Gasteiger partial charge is 0.354 e.